The lowest BCUT2D eigenvalue weighted by atomic mass is 10.2. The molecule has 3 atom stereocenters. The smallest absolute Gasteiger partial charge is 0.190 e. The normalized spacial score (nSPS) is 49.3. The van der Waals surface area contributed by atoms with E-state index in [1.165, 1.54) is 0 Å². The molecule has 2 heteroatoms. The largest absolute Gasteiger partial charge is 0.226 e. The third-order valence-electron chi connectivity index (χ3n) is 2.24. The molecule has 1 saturated carbocycles. The van der Waals surface area contributed by atoms with Crippen molar-refractivity contribution in [2.24, 2.45) is 11.8 Å². The highest BCUT2D eigenvalue weighted by atomic mass is 35.5. The molecule has 0 aromatic carbocycles. The summed E-state index contributed by atoms with van der Waals surface area (Å²) in [7, 11) is 0. The van der Waals surface area contributed by atoms with E-state index in [-0.39, 0.29) is 11.8 Å². The van der Waals surface area contributed by atoms with Gasteiger partial charge in [0.2, 0.25) is 0 Å². The zero-order chi connectivity index (χ0) is 7.07. The molecule has 54 valence electrons. The van der Waals surface area contributed by atoms with Crippen LogP contribution in [0.15, 0.2) is 0 Å². The third kappa shape index (κ3) is 0.958. The fourth-order valence-corrected chi connectivity index (χ4v) is 2.12. The van der Waals surface area contributed by atoms with Gasteiger partial charge in [-0.3, -0.25) is 0 Å². The van der Waals surface area contributed by atoms with E-state index in [9.17, 15) is 4.39 Å². The van der Waals surface area contributed by atoms with Gasteiger partial charge in [0.15, 0.2) is 5.13 Å². The second kappa shape index (κ2) is 2.12. The zero-order valence-corrected chi connectivity index (χ0v) is 6.58. The van der Waals surface area contributed by atoms with Gasteiger partial charge in [-0.25, -0.2) is 4.39 Å². The summed E-state index contributed by atoms with van der Waals surface area (Å²) in [6.45, 7) is 3.97. The molecular formula is C7H12ClF. The van der Waals surface area contributed by atoms with Crippen molar-refractivity contribution >= 4 is 11.6 Å². The standard InChI is InChI=1S/C7H12ClF/c1-3-5-6(4-2)7(5,8)9/h5-6H,3-4H2,1-2H3/t5-,6+,7?. The molecule has 1 fully saturated rings. The maximum absolute atomic E-state index is 12.9. The van der Waals surface area contributed by atoms with Gasteiger partial charge in [-0.05, 0) is 12.8 Å². The average Bonchev–Trinajstić information content (AvgIpc) is 2.32. The highest BCUT2D eigenvalue weighted by Crippen LogP contribution is 2.60. The first-order valence-electron chi connectivity index (χ1n) is 3.52. The van der Waals surface area contributed by atoms with Crippen LogP contribution in [0, 0.1) is 11.8 Å². The fraction of sp³-hybridized carbons (Fsp3) is 1.00. The second-order valence-corrected chi connectivity index (χ2v) is 3.28. The van der Waals surface area contributed by atoms with Gasteiger partial charge in [0.1, 0.15) is 0 Å². The topological polar surface area (TPSA) is 0 Å². The molecule has 9 heavy (non-hydrogen) atoms. The minimum atomic E-state index is -1.34. The van der Waals surface area contributed by atoms with E-state index in [0.29, 0.717) is 0 Å². The minimum absolute atomic E-state index is 0.129. The lowest BCUT2D eigenvalue weighted by Gasteiger charge is -1.89. The third-order valence-corrected chi connectivity index (χ3v) is 2.81. The van der Waals surface area contributed by atoms with Crippen molar-refractivity contribution in [2.75, 3.05) is 0 Å². The Kier molecular flexibility index (Phi) is 1.73. The summed E-state index contributed by atoms with van der Waals surface area (Å²) in [5, 5.41) is -1.34. The molecule has 1 unspecified atom stereocenters. The first kappa shape index (κ1) is 7.33. The highest BCUT2D eigenvalue weighted by molar-refractivity contribution is 6.25. The van der Waals surface area contributed by atoms with Crippen molar-refractivity contribution < 1.29 is 4.39 Å². The molecule has 0 N–H and O–H groups in total. The van der Waals surface area contributed by atoms with Gasteiger partial charge in [-0.15, -0.1) is 0 Å². The maximum Gasteiger partial charge on any atom is 0.190 e. The van der Waals surface area contributed by atoms with Crippen LogP contribution in [0.1, 0.15) is 26.7 Å². The van der Waals surface area contributed by atoms with Gasteiger partial charge in [-0.1, -0.05) is 25.4 Å². The molecule has 0 bridgehead atoms. The van der Waals surface area contributed by atoms with E-state index in [1.807, 2.05) is 13.8 Å². The van der Waals surface area contributed by atoms with Gasteiger partial charge in [0, 0.05) is 11.8 Å². The molecule has 0 radical (unpaired) electrons. The molecule has 0 heterocycles. The Morgan fingerprint density at radius 1 is 1.33 bits per heavy atom. The van der Waals surface area contributed by atoms with Gasteiger partial charge >= 0.3 is 0 Å². The van der Waals surface area contributed by atoms with Crippen LogP contribution in [-0.2, 0) is 0 Å². The summed E-state index contributed by atoms with van der Waals surface area (Å²) in [5.74, 6) is 0.258. The lowest BCUT2D eigenvalue weighted by molar-refractivity contribution is 0.374. The predicted octanol–water partition coefficient (Wildman–Crippen LogP) is 2.96. The molecule has 0 nitrogen and oxygen atoms in total. The van der Waals surface area contributed by atoms with Crippen LogP contribution in [0.4, 0.5) is 4.39 Å². The number of alkyl halides is 2. The Morgan fingerprint density at radius 2 is 1.67 bits per heavy atom. The molecule has 0 spiro atoms. The Bertz CT molecular complexity index is 99.5. The van der Waals surface area contributed by atoms with Crippen LogP contribution in [-0.4, -0.2) is 5.13 Å². The quantitative estimate of drug-likeness (QED) is 0.531. The predicted molar refractivity (Wildman–Crippen MR) is 37.3 cm³/mol. The van der Waals surface area contributed by atoms with Gasteiger partial charge in [-0.2, -0.15) is 0 Å². The van der Waals surface area contributed by atoms with Crippen molar-refractivity contribution in [3.63, 3.8) is 0 Å². The average molecular weight is 151 g/mol. The van der Waals surface area contributed by atoms with Crippen LogP contribution >= 0.6 is 11.6 Å². The van der Waals surface area contributed by atoms with E-state index < -0.39 is 5.13 Å². The second-order valence-electron chi connectivity index (χ2n) is 2.70. The van der Waals surface area contributed by atoms with Crippen molar-refractivity contribution in [1.29, 1.82) is 0 Å². The molecule has 0 saturated heterocycles. The van der Waals surface area contributed by atoms with Crippen LogP contribution in [0.25, 0.3) is 0 Å². The SMILES string of the molecule is CC[C@@H]1[C@H](CC)C1(F)Cl. The van der Waals surface area contributed by atoms with Crippen molar-refractivity contribution in [2.45, 2.75) is 31.8 Å². The molecule has 0 aliphatic heterocycles. The molecule has 0 aromatic heterocycles. The van der Waals surface area contributed by atoms with E-state index in [1.54, 1.807) is 0 Å². The van der Waals surface area contributed by atoms with E-state index >= 15 is 0 Å². The highest BCUT2D eigenvalue weighted by Gasteiger charge is 2.62. The lowest BCUT2D eigenvalue weighted by Crippen LogP contribution is -1.90. The van der Waals surface area contributed by atoms with Crippen molar-refractivity contribution in [1.82, 2.24) is 0 Å². The number of rotatable bonds is 2. The summed E-state index contributed by atoms with van der Waals surface area (Å²) < 4.78 is 12.9. The fourth-order valence-electron chi connectivity index (χ4n) is 1.57. The molecule has 1 aliphatic carbocycles. The van der Waals surface area contributed by atoms with E-state index in [0.717, 1.165) is 12.8 Å². The number of halogens is 2. The van der Waals surface area contributed by atoms with Crippen LogP contribution in [0.3, 0.4) is 0 Å². The Hall–Kier alpha value is 0.220. The number of hydrogen-bond acceptors (Lipinski definition) is 0. The van der Waals surface area contributed by atoms with Crippen LogP contribution in [0.5, 0.6) is 0 Å². The Labute approximate surface area is 60.4 Å². The van der Waals surface area contributed by atoms with Crippen LogP contribution in [0.2, 0.25) is 0 Å². The Morgan fingerprint density at radius 3 is 1.78 bits per heavy atom. The van der Waals surface area contributed by atoms with Gasteiger partial charge in [0.05, 0.1) is 0 Å². The van der Waals surface area contributed by atoms with Crippen molar-refractivity contribution in [3.8, 4) is 0 Å². The minimum Gasteiger partial charge on any atom is -0.226 e. The van der Waals surface area contributed by atoms with Crippen LogP contribution < -0.4 is 0 Å². The molecule has 0 aromatic rings. The summed E-state index contributed by atoms with van der Waals surface area (Å²) in [6.07, 6.45) is 1.75. The summed E-state index contributed by atoms with van der Waals surface area (Å²) in [6, 6.07) is 0. The number of hydrogen-bond donors (Lipinski definition) is 0. The maximum atomic E-state index is 12.9. The molecule has 1 aliphatic rings. The van der Waals surface area contributed by atoms with E-state index in [4.69, 9.17) is 11.6 Å². The molecule has 0 amide bonds. The van der Waals surface area contributed by atoms with E-state index in [2.05, 4.69) is 0 Å². The molecule has 1 rings (SSSR count). The summed E-state index contributed by atoms with van der Waals surface area (Å²) >= 11 is 5.51. The summed E-state index contributed by atoms with van der Waals surface area (Å²) in [4.78, 5) is 0. The first-order valence-corrected chi connectivity index (χ1v) is 3.90. The zero-order valence-electron chi connectivity index (χ0n) is 5.82. The van der Waals surface area contributed by atoms with Crippen molar-refractivity contribution in [3.05, 3.63) is 0 Å². The van der Waals surface area contributed by atoms with Gasteiger partial charge < -0.3 is 0 Å². The van der Waals surface area contributed by atoms with Gasteiger partial charge in [0.25, 0.3) is 0 Å². The monoisotopic (exact) mass is 150 g/mol. The first-order chi connectivity index (χ1) is 4.14. The molecular weight excluding hydrogens is 139 g/mol. The Balaban J connectivity index is 2.45. The summed E-state index contributed by atoms with van der Waals surface area (Å²) in [5.41, 5.74) is 0.